The Bertz CT molecular complexity index is 1090. The van der Waals surface area contributed by atoms with E-state index in [4.69, 9.17) is 10.7 Å². The van der Waals surface area contributed by atoms with E-state index in [1.165, 1.54) is 0 Å². The van der Waals surface area contributed by atoms with E-state index in [2.05, 4.69) is 16.9 Å². The molecule has 0 aliphatic carbocycles. The van der Waals surface area contributed by atoms with Crippen LogP contribution in [-0.4, -0.2) is 64.8 Å². The van der Waals surface area contributed by atoms with E-state index in [0.29, 0.717) is 22.5 Å². The van der Waals surface area contributed by atoms with Gasteiger partial charge in [0.15, 0.2) is 0 Å². The second kappa shape index (κ2) is 8.42. The number of amides is 2. The van der Waals surface area contributed by atoms with Crippen LogP contribution in [0, 0.1) is 0 Å². The van der Waals surface area contributed by atoms with E-state index in [-0.39, 0.29) is 5.91 Å². The van der Waals surface area contributed by atoms with Gasteiger partial charge < -0.3 is 15.5 Å². The van der Waals surface area contributed by atoms with Crippen molar-refractivity contribution >= 4 is 11.8 Å². The number of aromatic nitrogens is 2. The van der Waals surface area contributed by atoms with Gasteiger partial charge in [0.25, 0.3) is 5.91 Å². The van der Waals surface area contributed by atoms with Gasteiger partial charge in [-0.15, -0.1) is 0 Å². The van der Waals surface area contributed by atoms with Crippen molar-refractivity contribution in [2.45, 2.75) is 0 Å². The number of hydrogen-bond donors (Lipinski definition) is 1. The van der Waals surface area contributed by atoms with Gasteiger partial charge in [0.1, 0.15) is 0 Å². The Labute approximate surface area is 175 Å². The molecule has 0 atom stereocenters. The summed E-state index contributed by atoms with van der Waals surface area (Å²) in [6.45, 7) is 3.21. The molecule has 7 heteroatoms. The van der Waals surface area contributed by atoms with Crippen molar-refractivity contribution in [3.8, 4) is 22.5 Å². The molecule has 1 saturated heterocycles. The molecule has 2 amide bonds. The maximum atomic E-state index is 12.9. The second-order valence-corrected chi connectivity index (χ2v) is 7.41. The number of nitrogens with two attached hydrogens (primary N) is 1. The molecular formula is C23H23N5O2. The maximum Gasteiger partial charge on any atom is 0.253 e. The van der Waals surface area contributed by atoms with Gasteiger partial charge in [0, 0.05) is 48.4 Å². The number of piperazine rings is 1. The highest BCUT2D eigenvalue weighted by Crippen LogP contribution is 2.23. The van der Waals surface area contributed by atoms with Crippen molar-refractivity contribution in [1.82, 2.24) is 19.8 Å². The zero-order chi connectivity index (χ0) is 21.1. The normalized spacial score (nSPS) is 14.5. The van der Waals surface area contributed by atoms with Gasteiger partial charge in [-0.25, -0.2) is 4.98 Å². The molecule has 0 saturated carbocycles. The highest BCUT2D eigenvalue weighted by Gasteiger charge is 2.20. The lowest BCUT2D eigenvalue weighted by Gasteiger charge is -2.32. The molecule has 2 heterocycles. The number of carbonyl (C=O) groups is 2. The van der Waals surface area contributed by atoms with E-state index in [1.54, 1.807) is 30.6 Å². The molecule has 0 radical (unpaired) electrons. The maximum absolute atomic E-state index is 12.9. The molecule has 1 aliphatic heterocycles. The first-order chi connectivity index (χ1) is 14.5. The van der Waals surface area contributed by atoms with Crippen molar-refractivity contribution in [2.24, 2.45) is 5.73 Å². The van der Waals surface area contributed by atoms with Gasteiger partial charge >= 0.3 is 0 Å². The second-order valence-electron chi connectivity index (χ2n) is 7.41. The minimum atomic E-state index is -0.490. The molecule has 30 heavy (non-hydrogen) atoms. The van der Waals surface area contributed by atoms with Crippen LogP contribution < -0.4 is 5.73 Å². The van der Waals surface area contributed by atoms with Crippen LogP contribution in [0.15, 0.2) is 60.9 Å². The molecule has 0 unspecified atom stereocenters. The van der Waals surface area contributed by atoms with Gasteiger partial charge in [-0.3, -0.25) is 14.6 Å². The quantitative estimate of drug-likeness (QED) is 0.724. The van der Waals surface area contributed by atoms with Crippen LogP contribution in [0.5, 0.6) is 0 Å². The largest absolute Gasteiger partial charge is 0.366 e. The zero-order valence-electron chi connectivity index (χ0n) is 16.8. The number of benzene rings is 2. The minimum absolute atomic E-state index is 0.0308. The van der Waals surface area contributed by atoms with Crippen LogP contribution in [-0.2, 0) is 0 Å². The van der Waals surface area contributed by atoms with Crippen LogP contribution in [0.2, 0.25) is 0 Å². The topological polar surface area (TPSA) is 92.4 Å². The third-order valence-corrected chi connectivity index (χ3v) is 5.27. The molecule has 7 nitrogen and oxygen atoms in total. The van der Waals surface area contributed by atoms with E-state index >= 15 is 0 Å². The SMILES string of the molecule is CN1CCN(C(=O)c2cccc(-c3cncc(-c4cccc(C(N)=O)c4)n3)c2)CC1. The molecule has 1 aromatic heterocycles. The predicted octanol–water partition coefficient (Wildman–Crippen LogP) is 2.30. The molecule has 3 aromatic rings. The van der Waals surface area contributed by atoms with E-state index in [1.807, 2.05) is 35.2 Å². The third-order valence-electron chi connectivity index (χ3n) is 5.27. The lowest BCUT2D eigenvalue weighted by Crippen LogP contribution is -2.47. The Morgan fingerprint density at radius 1 is 0.867 bits per heavy atom. The Morgan fingerprint density at radius 2 is 1.43 bits per heavy atom. The summed E-state index contributed by atoms with van der Waals surface area (Å²) in [7, 11) is 2.06. The van der Waals surface area contributed by atoms with E-state index in [0.717, 1.165) is 37.3 Å². The minimum Gasteiger partial charge on any atom is -0.366 e. The van der Waals surface area contributed by atoms with Crippen LogP contribution >= 0.6 is 0 Å². The van der Waals surface area contributed by atoms with Crippen LogP contribution in [0.1, 0.15) is 20.7 Å². The zero-order valence-corrected chi connectivity index (χ0v) is 16.8. The molecular weight excluding hydrogens is 378 g/mol. The third kappa shape index (κ3) is 4.21. The molecule has 2 N–H and O–H groups in total. The predicted molar refractivity (Wildman–Crippen MR) is 115 cm³/mol. The van der Waals surface area contributed by atoms with Crippen LogP contribution in [0.3, 0.4) is 0 Å². The fourth-order valence-electron chi connectivity index (χ4n) is 3.48. The highest BCUT2D eigenvalue weighted by atomic mass is 16.2. The Balaban J connectivity index is 1.61. The monoisotopic (exact) mass is 401 g/mol. The number of carbonyl (C=O) groups excluding carboxylic acids is 2. The number of nitrogens with zero attached hydrogens (tertiary/aromatic N) is 4. The number of likely N-dealkylation sites (N-methyl/N-ethyl adjacent to an activating group) is 1. The van der Waals surface area contributed by atoms with E-state index < -0.39 is 5.91 Å². The standard InChI is InChI=1S/C23H23N5O2/c1-27-8-10-28(11-9-27)23(30)19-7-3-5-17(13-19)21-15-25-14-20(26-21)16-4-2-6-18(12-16)22(24)29/h2-7,12-15H,8-11H2,1H3,(H2,24,29). The van der Waals surface area contributed by atoms with Gasteiger partial charge in [-0.2, -0.15) is 0 Å². The summed E-state index contributed by atoms with van der Waals surface area (Å²) in [6.07, 6.45) is 3.31. The average Bonchev–Trinajstić information content (AvgIpc) is 2.79. The first kappa shape index (κ1) is 19.7. The van der Waals surface area contributed by atoms with Crippen molar-refractivity contribution in [3.63, 3.8) is 0 Å². The molecule has 4 rings (SSSR count). The number of rotatable bonds is 4. The molecule has 152 valence electrons. The summed E-state index contributed by atoms with van der Waals surface area (Å²) < 4.78 is 0. The summed E-state index contributed by atoms with van der Waals surface area (Å²) >= 11 is 0. The fourth-order valence-corrected chi connectivity index (χ4v) is 3.48. The fraction of sp³-hybridized carbons (Fsp3) is 0.217. The molecule has 1 fully saturated rings. The lowest BCUT2D eigenvalue weighted by molar-refractivity contribution is 0.0664. The summed E-state index contributed by atoms with van der Waals surface area (Å²) in [4.78, 5) is 37.5. The summed E-state index contributed by atoms with van der Waals surface area (Å²) in [6, 6.07) is 14.4. The van der Waals surface area contributed by atoms with Gasteiger partial charge in [-0.05, 0) is 31.3 Å². The summed E-state index contributed by atoms with van der Waals surface area (Å²) in [5, 5.41) is 0. The number of hydrogen-bond acceptors (Lipinski definition) is 5. The molecule has 1 aliphatic rings. The van der Waals surface area contributed by atoms with Gasteiger partial charge in [-0.1, -0.05) is 24.3 Å². The van der Waals surface area contributed by atoms with Crippen molar-refractivity contribution in [1.29, 1.82) is 0 Å². The Hall–Kier alpha value is -3.58. The first-order valence-corrected chi connectivity index (χ1v) is 9.82. The number of primary amides is 1. The first-order valence-electron chi connectivity index (χ1n) is 9.82. The van der Waals surface area contributed by atoms with Crippen LogP contribution in [0.25, 0.3) is 22.5 Å². The van der Waals surface area contributed by atoms with Gasteiger partial charge in [0.05, 0.1) is 23.8 Å². The summed E-state index contributed by atoms with van der Waals surface area (Å²) in [5.41, 5.74) is 9.30. The van der Waals surface area contributed by atoms with Crippen molar-refractivity contribution in [2.75, 3.05) is 33.2 Å². The molecule has 0 spiro atoms. The van der Waals surface area contributed by atoms with E-state index in [9.17, 15) is 9.59 Å². The van der Waals surface area contributed by atoms with Crippen molar-refractivity contribution in [3.05, 3.63) is 72.1 Å². The van der Waals surface area contributed by atoms with Gasteiger partial charge in [0.2, 0.25) is 5.91 Å². The summed E-state index contributed by atoms with van der Waals surface area (Å²) in [5.74, 6) is -0.459. The molecule has 2 aromatic carbocycles. The van der Waals surface area contributed by atoms with Crippen molar-refractivity contribution < 1.29 is 9.59 Å². The lowest BCUT2D eigenvalue weighted by atomic mass is 10.1. The smallest absolute Gasteiger partial charge is 0.253 e. The average molecular weight is 401 g/mol. The Morgan fingerprint density at radius 3 is 2.03 bits per heavy atom. The molecule has 0 bridgehead atoms. The highest BCUT2D eigenvalue weighted by molar-refractivity contribution is 5.95. The Kier molecular flexibility index (Phi) is 5.54. The van der Waals surface area contributed by atoms with Crippen LogP contribution in [0.4, 0.5) is 0 Å².